The molecule has 3 aromatic rings. The van der Waals surface area contributed by atoms with E-state index in [0.29, 0.717) is 57.3 Å². The molecule has 62 heavy (non-hydrogen) atoms. The van der Waals surface area contributed by atoms with Crippen molar-refractivity contribution >= 4 is 52.5 Å². The fourth-order valence-electron chi connectivity index (χ4n) is 12.1. The second kappa shape index (κ2) is 14.4. The van der Waals surface area contributed by atoms with Crippen molar-refractivity contribution in [2.24, 2.45) is 22.2 Å². The number of benzene rings is 2. The molecule has 10 rings (SSSR count). The first-order valence-corrected chi connectivity index (χ1v) is 22.0. The van der Waals surface area contributed by atoms with Crippen molar-refractivity contribution in [3.05, 3.63) is 93.0 Å². The van der Waals surface area contributed by atoms with Crippen molar-refractivity contribution in [2.45, 2.75) is 97.0 Å². The molecule has 1 N–H and O–H groups in total. The molecule has 2 aromatic carbocycles. The highest BCUT2D eigenvalue weighted by molar-refractivity contribution is 6.33. The minimum Gasteiger partial charge on any atom is -0.489 e. The molecular weight excluding hydrogens is 806 g/mol. The topological polar surface area (TPSA) is 137 Å². The van der Waals surface area contributed by atoms with Crippen LogP contribution in [0.15, 0.2) is 48.5 Å². The van der Waals surface area contributed by atoms with Gasteiger partial charge in [0.2, 0.25) is 17.5 Å². The average Bonchev–Trinajstić information content (AvgIpc) is 3.65. The first-order valence-electron chi connectivity index (χ1n) is 21.6. The molecule has 2 saturated carbocycles. The van der Waals surface area contributed by atoms with Crippen molar-refractivity contribution in [1.29, 1.82) is 0 Å². The number of fused-ring (bicyclic) bond motifs is 2. The van der Waals surface area contributed by atoms with Gasteiger partial charge in [0.1, 0.15) is 23.6 Å². The standard InChI is InChI=1S/C48H48ClN7O6/c1-46(2)44(47(3,4)45(46)62-31-14-17-36(50-5)35(49)21-31)55-22-37-33(41(55)59)15-10-28(51-37)9-6-27-7-11-29(12-8-27)53-23-48(24-53)25-54(26-48)30-13-16-32-34(20-30)43(61)56(42(32)60)38-18-19-39(57)52-40(38)58/h10,13-17,20-21,27,29,38,44-45H,7-8,11-12,18-19,22-26H2,1-4H3,(H,52,57,58). The lowest BCUT2D eigenvalue weighted by Gasteiger charge is -2.65. The number of piperidine rings is 1. The van der Waals surface area contributed by atoms with E-state index in [2.05, 4.69) is 59.5 Å². The summed E-state index contributed by atoms with van der Waals surface area (Å²) >= 11 is 6.30. The van der Waals surface area contributed by atoms with Crippen LogP contribution in [0, 0.1) is 40.6 Å². The maximum absolute atomic E-state index is 13.8. The van der Waals surface area contributed by atoms with Crippen LogP contribution >= 0.6 is 11.6 Å². The Hall–Kier alpha value is -5.76. The summed E-state index contributed by atoms with van der Waals surface area (Å²) in [5.74, 6) is 5.79. The molecule has 2 aliphatic carbocycles. The Bertz CT molecular complexity index is 2570. The number of anilines is 1. The highest BCUT2D eigenvalue weighted by Gasteiger charge is 2.67. The molecule has 318 valence electrons. The number of aromatic nitrogens is 1. The van der Waals surface area contributed by atoms with E-state index in [1.807, 2.05) is 23.1 Å². The van der Waals surface area contributed by atoms with Crippen LogP contribution in [0.5, 0.6) is 5.75 Å². The van der Waals surface area contributed by atoms with E-state index in [9.17, 15) is 24.0 Å². The zero-order valence-corrected chi connectivity index (χ0v) is 36.1. The van der Waals surface area contributed by atoms with Gasteiger partial charge in [-0.15, -0.1) is 0 Å². The van der Waals surface area contributed by atoms with Gasteiger partial charge >= 0.3 is 0 Å². The molecule has 5 amide bonds. The maximum Gasteiger partial charge on any atom is 0.262 e. The van der Waals surface area contributed by atoms with Crippen molar-refractivity contribution in [3.8, 4) is 17.6 Å². The number of rotatable bonds is 6. The molecule has 7 aliphatic rings. The van der Waals surface area contributed by atoms with Gasteiger partial charge in [0, 0.05) is 72.5 Å². The van der Waals surface area contributed by atoms with E-state index in [4.69, 9.17) is 27.9 Å². The number of amides is 5. The number of ether oxygens (including phenoxy) is 1. The Kier molecular flexibility index (Phi) is 9.36. The third-order valence-electron chi connectivity index (χ3n) is 14.7. The third-order valence-corrected chi connectivity index (χ3v) is 15.0. The Morgan fingerprint density at radius 2 is 1.55 bits per heavy atom. The number of nitrogens with one attached hydrogen (secondary N) is 1. The Balaban J connectivity index is 0.703. The lowest BCUT2D eigenvalue weighted by Crippen LogP contribution is -2.74. The molecule has 1 spiro atoms. The normalized spacial score (nSPS) is 27.9. The zero-order valence-electron chi connectivity index (χ0n) is 35.3. The Morgan fingerprint density at radius 1 is 0.839 bits per heavy atom. The van der Waals surface area contributed by atoms with Gasteiger partial charge in [0.05, 0.1) is 40.5 Å². The van der Waals surface area contributed by atoms with Crippen LogP contribution in [0.1, 0.15) is 109 Å². The molecule has 1 atom stereocenters. The summed E-state index contributed by atoms with van der Waals surface area (Å²) in [5.41, 5.74) is 3.50. The first-order chi connectivity index (χ1) is 29.6. The van der Waals surface area contributed by atoms with Crippen molar-refractivity contribution in [1.82, 2.24) is 25.0 Å². The van der Waals surface area contributed by atoms with Crippen molar-refractivity contribution in [3.63, 3.8) is 0 Å². The summed E-state index contributed by atoms with van der Waals surface area (Å²) in [7, 11) is 0. The number of hydrogen-bond acceptors (Lipinski definition) is 9. The van der Waals surface area contributed by atoms with Gasteiger partial charge < -0.3 is 14.5 Å². The van der Waals surface area contributed by atoms with E-state index < -0.39 is 29.7 Å². The fourth-order valence-corrected chi connectivity index (χ4v) is 12.3. The number of carbonyl (C=O) groups is 5. The van der Waals surface area contributed by atoms with E-state index in [-0.39, 0.29) is 47.1 Å². The molecule has 1 aromatic heterocycles. The van der Waals surface area contributed by atoms with Gasteiger partial charge in [-0.25, -0.2) is 9.83 Å². The fraction of sp³-hybridized carbons (Fsp3) is 0.479. The van der Waals surface area contributed by atoms with Crippen LogP contribution in [-0.2, 0) is 16.1 Å². The van der Waals surface area contributed by atoms with Crippen LogP contribution in [0.2, 0.25) is 5.02 Å². The summed E-state index contributed by atoms with van der Waals surface area (Å²) in [5, 5.41) is 2.61. The van der Waals surface area contributed by atoms with Crippen LogP contribution < -0.4 is 15.0 Å². The number of hydrogen-bond donors (Lipinski definition) is 1. The van der Waals surface area contributed by atoms with Gasteiger partial charge in [-0.1, -0.05) is 51.3 Å². The van der Waals surface area contributed by atoms with Crippen molar-refractivity contribution < 1.29 is 28.7 Å². The Morgan fingerprint density at radius 3 is 2.24 bits per heavy atom. The smallest absolute Gasteiger partial charge is 0.262 e. The predicted octanol–water partition coefficient (Wildman–Crippen LogP) is 6.26. The second-order valence-corrected chi connectivity index (χ2v) is 20.0. The van der Waals surface area contributed by atoms with Crippen LogP contribution in [0.25, 0.3) is 4.85 Å². The number of pyridine rings is 1. The Labute approximate surface area is 365 Å². The molecule has 0 radical (unpaired) electrons. The van der Waals surface area contributed by atoms with Gasteiger partial charge in [-0.3, -0.25) is 39.1 Å². The summed E-state index contributed by atoms with van der Waals surface area (Å²) in [6, 6.07) is 13.7. The van der Waals surface area contributed by atoms with Gasteiger partial charge in [-0.2, -0.15) is 0 Å². The molecule has 14 heteroatoms. The van der Waals surface area contributed by atoms with E-state index in [1.165, 1.54) is 0 Å². The number of carbonyl (C=O) groups excluding carboxylic acids is 5. The first kappa shape index (κ1) is 40.3. The van der Waals surface area contributed by atoms with Crippen molar-refractivity contribution in [2.75, 3.05) is 31.1 Å². The minimum absolute atomic E-state index is 0.0146. The monoisotopic (exact) mass is 853 g/mol. The summed E-state index contributed by atoms with van der Waals surface area (Å²) in [4.78, 5) is 80.5. The third kappa shape index (κ3) is 6.38. The SMILES string of the molecule is [C-]#[N+]c1ccc(OC2C(C)(C)C(N3Cc4nc(C#CC5CCC(N6CC7(CN(c8ccc9c(c8)C(=O)N(C8CCC(=O)NC8=O)C9=O)C7)C6)CC5)ccc4C3=O)C2(C)C)cc1Cl. The number of nitrogens with zero attached hydrogens (tertiary/aromatic N) is 6. The van der Waals surface area contributed by atoms with Gasteiger partial charge in [0.15, 0.2) is 0 Å². The molecule has 0 bridgehead atoms. The highest BCUT2D eigenvalue weighted by atomic mass is 35.5. The zero-order chi connectivity index (χ0) is 43.5. The van der Waals surface area contributed by atoms with Gasteiger partial charge in [0.25, 0.3) is 17.7 Å². The summed E-state index contributed by atoms with van der Waals surface area (Å²) < 4.78 is 6.48. The molecule has 13 nitrogen and oxygen atoms in total. The molecular formula is C48H48ClN7O6. The minimum atomic E-state index is -0.971. The number of imide groups is 2. The largest absolute Gasteiger partial charge is 0.489 e. The van der Waals surface area contributed by atoms with E-state index in [0.717, 1.165) is 68.1 Å². The highest BCUT2D eigenvalue weighted by Crippen LogP contribution is 2.59. The number of likely N-dealkylation sites (tertiary alicyclic amines) is 1. The summed E-state index contributed by atoms with van der Waals surface area (Å²) in [6.07, 6.45) is 4.31. The number of halogens is 1. The van der Waals surface area contributed by atoms with E-state index in [1.54, 1.807) is 30.3 Å². The lowest BCUT2D eigenvalue weighted by molar-refractivity contribution is -0.199. The predicted molar refractivity (Wildman–Crippen MR) is 230 cm³/mol. The molecule has 5 fully saturated rings. The van der Waals surface area contributed by atoms with Crippen LogP contribution in [-0.4, -0.2) is 99.6 Å². The molecule has 6 heterocycles. The lowest BCUT2D eigenvalue weighted by atomic mass is 9.49. The molecule has 5 aliphatic heterocycles. The van der Waals surface area contributed by atoms with Crippen LogP contribution in [0.3, 0.4) is 0 Å². The molecule has 1 unspecified atom stereocenters. The maximum atomic E-state index is 13.8. The van der Waals surface area contributed by atoms with E-state index >= 15 is 0 Å². The average molecular weight is 854 g/mol. The van der Waals surface area contributed by atoms with Crippen LogP contribution in [0.4, 0.5) is 11.4 Å². The second-order valence-electron chi connectivity index (χ2n) is 19.6. The molecule has 3 saturated heterocycles. The summed E-state index contributed by atoms with van der Waals surface area (Å²) in [6.45, 7) is 20.1. The van der Waals surface area contributed by atoms with Gasteiger partial charge in [-0.05, 0) is 80.5 Å². The quantitative estimate of drug-likeness (QED) is 0.173.